The van der Waals surface area contributed by atoms with Gasteiger partial charge < -0.3 is 9.32 Å². The smallest absolute Gasteiger partial charge is 0.267 e. The van der Waals surface area contributed by atoms with Crippen molar-refractivity contribution in [1.82, 2.24) is 19.7 Å². The van der Waals surface area contributed by atoms with E-state index in [0.717, 1.165) is 42.5 Å². The summed E-state index contributed by atoms with van der Waals surface area (Å²) in [5.74, 6) is 1.13. The number of carbonyl (C=O) groups is 1. The second-order valence-electron chi connectivity index (χ2n) is 7.73. The van der Waals surface area contributed by atoms with Gasteiger partial charge in [-0.1, -0.05) is 12.1 Å². The molecule has 1 aliphatic heterocycles. The maximum Gasteiger partial charge on any atom is 0.267 e. The number of oxazole rings is 1. The van der Waals surface area contributed by atoms with Gasteiger partial charge in [-0.2, -0.15) is 5.10 Å². The molecule has 3 heterocycles. The van der Waals surface area contributed by atoms with E-state index in [1.807, 2.05) is 24.3 Å². The molecule has 0 N–H and O–H groups in total. The minimum atomic E-state index is -0.231. The van der Waals surface area contributed by atoms with Gasteiger partial charge in [0.2, 0.25) is 5.91 Å². The molecule has 0 radical (unpaired) electrons. The third-order valence-electron chi connectivity index (χ3n) is 5.60. The summed E-state index contributed by atoms with van der Waals surface area (Å²) >= 11 is 0. The Balaban J connectivity index is 1.31. The Labute approximate surface area is 162 Å². The molecule has 1 aromatic carbocycles. The van der Waals surface area contributed by atoms with Crippen LogP contribution >= 0.6 is 0 Å². The van der Waals surface area contributed by atoms with Crippen molar-refractivity contribution >= 4 is 17.0 Å². The van der Waals surface area contributed by atoms with Gasteiger partial charge in [0.1, 0.15) is 12.1 Å². The van der Waals surface area contributed by atoms with Crippen molar-refractivity contribution in [2.45, 2.75) is 44.1 Å². The highest BCUT2D eigenvalue weighted by Crippen LogP contribution is 2.38. The van der Waals surface area contributed by atoms with Gasteiger partial charge in [-0.3, -0.25) is 9.59 Å². The Bertz CT molecular complexity index is 1050. The van der Waals surface area contributed by atoms with Gasteiger partial charge >= 0.3 is 0 Å². The summed E-state index contributed by atoms with van der Waals surface area (Å²) in [5.41, 5.74) is 2.29. The first-order valence-electron chi connectivity index (χ1n) is 9.89. The van der Waals surface area contributed by atoms with Crippen LogP contribution in [-0.2, 0) is 11.3 Å². The number of amides is 1. The Morgan fingerprint density at radius 2 is 1.96 bits per heavy atom. The van der Waals surface area contributed by atoms with Gasteiger partial charge in [-0.15, -0.1) is 0 Å². The van der Waals surface area contributed by atoms with Crippen LogP contribution in [0.25, 0.3) is 11.1 Å². The number of fused-ring (bicyclic) bond motifs is 1. The maximum absolute atomic E-state index is 12.8. The zero-order valence-electron chi connectivity index (χ0n) is 15.6. The fourth-order valence-corrected chi connectivity index (χ4v) is 3.87. The molecule has 7 nitrogen and oxygen atoms in total. The quantitative estimate of drug-likeness (QED) is 0.697. The molecule has 3 aromatic rings. The molecule has 2 aliphatic rings. The van der Waals surface area contributed by atoms with E-state index in [0.29, 0.717) is 24.9 Å². The van der Waals surface area contributed by atoms with E-state index >= 15 is 0 Å². The zero-order chi connectivity index (χ0) is 19.1. The summed E-state index contributed by atoms with van der Waals surface area (Å²) in [7, 11) is 0. The molecular formula is C21H22N4O3. The lowest BCUT2D eigenvalue weighted by Gasteiger charge is -2.31. The van der Waals surface area contributed by atoms with E-state index < -0.39 is 0 Å². The predicted octanol–water partition coefficient (Wildman–Crippen LogP) is 2.67. The van der Waals surface area contributed by atoms with E-state index in [1.54, 1.807) is 11.0 Å². The fraction of sp³-hybridized carbons (Fsp3) is 0.429. The molecule has 1 saturated carbocycles. The summed E-state index contributed by atoms with van der Waals surface area (Å²) in [5, 5.41) is 4.40. The lowest BCUT2D eigenvalue weighted by atomic mass is 9.98. The first-order chi connectivity index (χ1) is 13.7. The average Bonchev–Trinajstić information content (AvgIpc) is 3.47. The van der Waals surface area contributed by atoms with Crippen LogP contribution in [0.5, 0.6) is 0 Å². The summed E-state index contributed by atoms with van der Waals surface area (Å²) < 4.78 is 7.21. The van der Waals surface area contributed by atoms with Gasteiger partial charge in [0.25, 0.3) is 5.56 Å². The van der Waals surface area contributed by atoms with Crippen LogP contribution in [0.4, 0.5) is 0 Å². The van der Waals surface area contributed by atoms with Crippen molar-refractivity contribution in [2.24, 2.45) is 0 Å². The molecule has 28 heavy (non-hydrogen) atoms. The monoisotopic (exact) mass is 378 g/mol. The number of para-hydroxylation sites is 2. The molecule has 0 bridgehead atoms. The summed E-state index contributed by atoms with van der Waals surface area (Å²) in [6, 6.07) is 11.0. The number of rotatable bonds is 4. The summed E-state index contributed by atoms with van der Waals surface area (Å²) in [4.78, 5) is 31.4. The normalized spacial score (nSPS) is 19.9. The van der Waals surface area contributed by atoms with Gasteiger partial charge in [0.15, 0.2) is 11.5 Å². The molecule has 1 amide bonds. The van der Waals surface area contributed by atoms with Crippen molar-refractivity contribution in [3.63, 3.8) is 0 Å². The highest BCUT2D eigenvalue weighted by molar-refractivity contribution is 5.76. The lowest BCUT2D eigenvalue weighted by molar-refractivity contribution is -0.133. The third kappa shape index (κ3) is 3.32. The van der Waals surface area contributed by atoms with Crippen molar-refractivity contribution in [3.8, 4) is 0 Å². The van der Waals surface area contributed by atoms with Crippen LogP contribution in [0.1, 0.15) is 49.1 Å². The standard InChI is InChI=1S/C21H22N4O3/c26-19-10-9-16(14-7-8-14)23-25(19)13-20(27)24-11-3-4-15(12-24)21-22-17-5-1-2-6-18(17)28-21/h1-2,5-6,9-10,14-15H,3-4,7-8,11-13H2/t15-/m1/s1. The van der Waals surface area contributed by atoms with Crippen molar-refractivity contribution in [2.75, 3.05) is 13.1 Å². The highest BCUT2D eigenvalue weighted by atomic mass is 16.3. The predicted molar refractivity (Wildman–Crippen MR) is 103 cm³/mol. The van der Waals surface area contributed by atoms with Crippen molar-refractivity contribution < 1.29 is 9.21 Å². The lowest BCUT2D eigenvalue weighted by Crippen LogP contribution is -2.42. The van der Waals surface area contributed by atoms with E-state index in [4.69, 9.17) is 4.42 Å². The van der Waals surface area contributed by atoms with Crippen LogP contribution < -0.4 is 5.56 Å². The number of likely N-dealkylation sites (tertiary alicyclic amines) is 1. The average molecular weight is 378 g/mol. The molecule has 1 atom stereocenters. The Morgan fingerprint density at radius 1 is 1.11 bits per heavy atom. The number of carbonyl (C=O) groups excluding carboxylic acids is 1. The Morgan fingerprint density at radius 3 is 2.79 bits per heavy atom. The molecule has 0 spiro atoms. The second kappa shape index (κ2) is 6.89. The van der Waals surface area contributed by atoms with Crippen LogP contribution in [0, 0.1) is 0 Å². The first kappa shape index (κ1) is 17.2. The fourth-order valence-electron chi connectivity index (χ4n) is 3.87. The van der Waals surface area contributed by atoms with Gasteiger partial charge in [-0.25, -0.2) is 9.67 Å². The second-order valence-corrected chi connectivity index (χ2v) is 7.73. The zero-order valence-corrected chi connectivity index (χ0v) is 15.6. The Hall–Kier alpha value is -2.96. The number of nitrogens with zero attached hydrogens (tertiary/aromatic N) is 4. The number of hydrogen-bond donors (Lipinski definition) is 0. The number of piperidine rings is 1. The van der Waals surface area contributed by atoms with E-state index in [2.05, 4.69) is 10.1 Å². The molecule has 0 unspecified atom stereocenters. The van der Waals surface area contributed by atoms with E-state index in [1.165, 1.54) is 10.7 Å². The number of aromatic nitrogens is 3. The maximum atomic E-state index is 12.8. The third-order valence-corrected chi connectivity index (χ3v) is 5.60. The molecule has 144 valence electrons. The summed E-state index contributed by atoms with van der Waals surface area (Å²) in [6.07, 6.45) is 4.04. The molecule has 1 aliphatic carbocycles. The molecule has 2 aromatic heterocycles. The molecule has 7 heteroatoms. The molecule has 1 saturated heterocycles. The largest absolute Gasteiger partial charge is 0.440 e. The Kier molecular flexibility index (Phi) is 4.22. The molecule has 5 rings (SSSR count). The van der Waals surface area contributed by atoms with Crippen LogP contribution in [-0.4, -0.2) is 38.7 Å². The SMILES string of the molecule is O=C(Cn1nc(C2CC2)ccc1=O)N1CCC[C@@H](c2nc3ccccc3o2)C1. The van der Waals surface area contributed by atoms with Crippen LogP contribution in [0.2, 0.25) is 0 Å². The van der Waals surface area contributed by atoms with Crippen molar-refractivity contribution in [1.29, 1.82) is 0 Å². The number of benzene rings is 1. The topological polar surface area (TPSA) is 81.2 Å². The van der Waals surface area contributed by atoms with Crippen LogP contribution in [0.15, 0.2) is 45.6 Å². The minimum absolute atomic E-state index is 0.0142. The van der Waals surface area contributed by atoms with Gasteiger partial charge in [0.05, 0.1) is 11.6 Å². The van der Waals surface area contributed by atoms with Gasteiger partial charge in [0, 0.05) is 25.1 Å². The van der Waals surface area contributed by atoms with Gasteiger partial charge in [-0.05, 0) is 43.9 Å². The van der Waals surface area contributed by atoms with E-state index in [9.17, 15) is 9.59 Å². The van der Waals surface area contributed by atoms with E-state index in [-0.39, 0.29) is 23.9 Å². The molecular weight excluding hydrogens is 356 g/mol. The highest BCUT2D eigenvalue weighted by Gasteiger charge is 2.29. The first-order valence-corrected chi connectivity index (χ1v) is 9.89. The van der Waals surface area contributed by atoms with Crippen LogP contribution in [0.3, 0.4) is 0 Å². The minimum Gasteiger partial charge on any atom is -0.440 e. The number of hydrogen-bond acceptors (Lipinski definition) is 5. The van der Waals surface area contributed by atoms with Crippen molar-refractivity contribution in [3.05, 3.63) is 58.3 Å². The molecule has 2 fully saturated rings. The summed E-state index contributed by atoms with van der Waals surface area (Å²) in [6.45, 7) is 1.23.